The molecule has 1 unspecified atom stereocenters. The molecule has 1 aromatic heterocycles. The van der Waals surface area contributed by atoms with E-state index in [4.69, 9.17) is 0 Å². The van der Waals surface area contributed by atoms with Gasteiger partial charge in [0.05, 0.1) is 0 Å². The number of piperidine rings is 1. The Labute approximate surface area is 133 Å². The van der Waals surface area contributed by atoms with E-state index in [0.29, 0.717) is 11.2 Å². The number of para-hydroxylation sites is 1. The first kappa shape index (κ1) is 14.8. The van der Waals surface area contributed by atoms with E-state index in [-0.39, 0.29) is 6.03 Å². The molecule has 0 aliphatic carbocycles. The number of hydrogen-bond donors (Lipinski definition) is 2. The molecule has 1 aliphatic rings. The maximum absolute atomic E-state index is 11.9. The monoisotopic (exact) mass is 317 g/mol. The Kier molecular flexibility index (Phi) is 4.53. The average Bonchev–Trinajstić information content (AvgIpc) is 2.97. The molecular weight excluding hydrogens is 298 g/mol. The van der Waals surface area contributed by atoms with Gasteiger partial charge >= 0.3 is 6.03 Å². The minimum Gasteiger partial charge on any atom is -0.344 e. The number of amides is 2. The molecule has 2 N–H and O–H groups in total. The summed E-state index contributed by atoms with van der Waals surface area (Å²) in [6.45, 7) is 3.21. The van der Waals surface area contributed by atoms with E-state index in [1.807, 2.05) is 30.3 Å². The normalized spacial score (nSPS) is 18.0. The third kappa shape index (κ3) is 3.54. The second kappa shape index (κ2) is 6.74. The third-order valence-electron chi connectivity index (χ3n) is 3.72. The van der Waals surface area contributed by atoms with Gasteiger partial charge in [0.15, 0.2) is 0 Å². The number of carbonyl (C=O) groups excluding carboxylic acids is 1. The van der Waals surface area contributed by atoms with Gasteiger partial charge in [-0.05, 0) is 38.3 Å². The molecule has 1 fully saturated rings. The zero-order valence-electron chi connectivity index (χ0n) is 12.5. The summed E-state index contributed by atoms with van der Waals surface area (Å²) in [5, 5.41) is 15.2. The van der Waals surface area contributed by atoms with Gasteiger partial charge in [0.2, 0.25) is 10.3 Å². The van der Waals surface area contributed by atoms with Crippen molar-refractivity contribution in [1.29, 1.82) is 0 Å². The highest BCUT2D eigenvalue weighted by Gasteiger charge is 2.22. The Morgan fingerprint density at radius 1 is 1.23 bits per heavy atom. The standard InChI is InChI=1S/C15H19N5OS/c1-11-7-5-6-10-20(11)15-19-18-14(22-15)17-13(21)16-12-8-3-2-4-9-12/h2-4,8-9,11H,5-7,10H2,1H3,(H2,16,17,18,21). The van der Waals surface area contributed by atoms with Gasteiger partial charge in [-0.1, -0.05) is 29.5 Å². The molecule has 2 heterocycles. The molecule has 0 saturated carbocycles. The number of carbonyl (C=O) groups is 1. The van der Waals surface area contributed by atoms with Crippen LogP contribution in [0.3, 0.4) is 0 Å². The summed E-state index contributed by atoms with van der Waals surface area (Å²) < 4.78 is 0. The molecular formula is C15H19N5OS. The summed E-state index contributed by atoms with van der Waals surface area (Å²) in [5.41, 5.74) is 0.745. The van der Waals surface area contributed by atoms with Crippen LogP contribution in [0.5, 0.6) is 0 Å². The first-order chi connectivity index (χ1) is 10.7. The third-order valence-corrected chi connectivity index (χ3v) is 4.59. The molecule has 1 aliphatic heterocycles. The lowest BCUT2D eigenvalue weighted by Gasteiger charge is -2.32. The lowest BCUT2D eigenvalue weighted by atomic mass is 10.1. The first-order valence-corrected chi connectivity index (χ1v) is 8.27. The Morgan fingerprint density at radius 3 is 2.82 bits per heavy atom. The lowest BCUT2D eigenvalue weighted by molar-refractivity contribution is 0.262. The number of rotatable bonds is 3. The lowest BCUT2D eigenvalue weighted by Crippen LogP contribution is -2.37. The predicted molar refractivity (Wildman–Crippen MR) is 89.7 cm³/mol. The molecule has 0 bridgehead atoms. The molecule has 1 atom stereocenters. The number of anilines is 3. The van der Waals surface area contributed by atoms with Crippen LogP contribution in [0, 0.1) is 0 Å². The molecule has 6 nitrogen and oxygen atoms in total. The van der Waals surface area contributed by atoms with Crippen LogP contribution in [-0.2, 0) is 0 Å². The van der Waals surface area contributed by atoms with Crippen molar-refractivity contribution in [3.05, 3.63) is 30.3 Å². The van der Waals surface area contributed by atoms with E-state index in [1.54, 1.807) is 0 Å². The van der Waals surface area contributed by atoms with Gasteiger partial charge in [0.1, 0.15) is 0 Å². The molecule has 116 valence electrons. The Morgan fingerprint density at radius 2 is 2.05 bits per heavy atom. The first-order valence-electron chi connectivity index (χ1n) is 7.45. The van der Waals surface area contributed by atoms with Crippen LogP contribution in [-0.4, -0.2) is 28.8 Å². The highest BCUT2D eigenvalue weighted by molar-refractivity contribution is 7.19. The van der Waals surface area contributed by atoms with Gasteiger partial charge in [-0.25, -0.2) is 4.79 Å². The van der Waals surface area contributed by atoms with Crippen LogP contribution in [0.2, 0.25) is 0 Å². The summed E-state index contributed by atoms with van der Waals surface area (Å²) >= 11 is 1.41. The summed E-state index contributed by atoms with van der Waals surface area (Å²) in [5.74, 6) is 0. The number of benzene rings is 1. The Balaban J connectivity index is 1.60. The zero-order valence-corrected chi connectivity index (χ0v) is 13.3. The average molecular weight is 317 g/mol. The van der Waals surface area contributed by atoms with Crippen LogP contribution in [0.25, 0.3) is 0 Å². The molecule has 1 aromatic carbocycles. The van der Waals surface area contributed by atoms with E-state index in [2.05, 4.69) is 32.7 Å². The predicted octanol–water partition coefficient (Wildman–Crippen LogP) is 3.56. The molecule has 2 amide bonds. The van der Waals surface area contributed by atoms with Crippen molar-refractivity contribution in [2.75, 3.05) is 22.1 Å². The van der Waals surface area contributed by atoms with E-state index in [0.717, 1.165) is 17.4 Å². The maximum Gasteiger partial charge on any atom is 0.325 e. The molecule has 0 radical (unpaired) electrons. The fourth-order valence-electron chi connectivity index (χ4n) is 2.55. The van der Waals surface area contributed by atoms with E-state index < -0.39 is 0 Å². The van der Waals surface area contributed by atoms with Crippen molar-refractivity contribution in [3.8, 4) is 0 Å². The molecule has 3 rings (SSSR count). The largest absolute Gasteiger partial charge is 0.344 e. The maximum atomic E-state index is 11.9. The fraction of sp³-hybridized carbons (Fsp3) is 0.400. The van der Waals surface area contributed by atoms with Gasteiger partial charge < -0.3 is 10.2 Å². The Hall–Kier alpha value is -2.15. The fourth-order valence-corrected chi connectivity index (χ4v) is 3.41. The number of nitrogens with zero attached hydrogens (tertiary/aromatic N) is 3. The molecule has 2 aromatic rings. The summed E-state index contributed by atoms with van der Waals surface area (Å²) in [6, 6.07) is 9.49. The van der Waals surface area contributed by atoms with Crippen LogP contribution in [0.4, 0.5) is 20.7 Å². The van der Waals surface area contributed by atoms with Crippen molar-refractivity contribution in [1.82, 2.24) is 10.2 Å². The second-order valence-corrected chi connectivity index (χ2v) is 6.33. The van der Waals surface area contributed by atoms with Crippen LogP contribution in [0.1, 0.15) is 26.2 Å². The van der Waals surface area contributed by atoms with Crippen molar-refractivity contribution >= 4 is 33.3 Å². The summed E-state index contributed by atoms with van der Waals surface area (Å²) in [6.07, 6.45) is 3.62. The van der Waals surface area contributed by atoms with Gasteiger partial charge in [-0.2, -0.15) is 0 Å². The van der Waals surface area contributed by atoms with Gasteiger partial charge in [-0.15, -0.1) is 10.2 Å². The smallest absolute Gasteiger partial charge is 0.325 e. The minimum atomic E-state index is -0.305. The molecule has 0 spiro atoms. The van der Waals surface area contributed by atoms with E-state index >= 15 is 0 Å². The summed E-state index contributed by atoms with van der Waals surface area (Å²) in [4.78, 5) is 14.2. The van der Waals surface area contributed by atoms with Gasteiger partial charge in [0.25, 0.3) is 0 Å². The van der Waals surface area contributed by atoms with Crippen molar-refractivity contribution < 1.29 is 4.79 Å². The SMILES string of the molecule is CC1CCCCN1c1nnc(NC(=O)Nc2ccccc2)s1. The number of aromatic nitrogens is 2. The van der Waals surface area contributed by atoms with Crippen LogP contribution < -0.4 is 15.5 Å². The number of nitrogens with one attached hydrogen (secondary N) is 2. The van der Waals surface area contributed by atoms with Crippen molar-refractivity contribution in [3.63, 3.8) is 0 Å². The molecule has 22 heavy (non-hydrogen) atoms. The van der Waals surface area contributed by atoms with E-state index in [9.17, 15) is 4.79 Å². The topological polar surface area (TPSA) is 70.2 Å². The Bertz CT molecular complexity index is 630. The van der Waals surface area contributed by atoms with Crippen molar-refractivity contribution in [2.24, 2.45) is 0 Å². The summed E-state index contributed by atoms with van der Waals surface area (Å²) in [7, 11) is 0. The number of hydrogen-bond acceptors (Lipinski definition) is 5. The van der Waals surface area contributed by atoms with Crippen LogP contribution >= 0.6 is 11.3 Å². The quantitative estimate of drug-likeness (QED) is 0.908. The second-order valence-electron chi connectivity index (χ2n) is 5.37. The van der Waals surface area contributed by atoms with Crippen LogP contribution in [0.15, 0.2) is 30.3 Å². The highest BCUT2D eigenvalue weighted by atomic mass is 32.1. The van der Waals surface area contributed by atoms with Gasteiger partial charge in [0, 0.05) is 18.3 Å². The van der Waals surface area contributed by atoms with Crippen molar-refractivity contribution in [2.45, 2.75) is 32.2 Å². The molecule has 7 heteroatoms. The minimum absolute atomic E-state index is 0.305. The molecule has 1 saturated heterocycles. The van der Waals surface area contributed by atoms with Gasteiger partial charge in [-0.3, -0.25) is 5.32 Å². The highest BCUT2D eigenvalue weighted by Crippen LogP contribution is 2.29. The number of urea groups is 1. The zero-order chi connectivity index (χ0) is 15.4. The van der Waals surface area contributed by atoms with E-state index in [1.165, 1.54) is 30.6 Å².